The minimum absolute atomic E-state index is 0.0712. The first-order valence-electron chi connectivity index (χ1n) is 11.0. The van der Waals surface area contributed by atoms with E-state index in [4.69, 9.17) is 0 Å². The maximum atomic E-state index is 14.0. The summed E-state index contributed by atoms with van der Waals surface area (Å²) in [5, 5.41) is 2.93. The third-order valence-corrected chi connectivity index (χ3v) is 7.61. The van der Waals surface area contributed by atoms with Crippen molar-refractivity contribution in [2.24, 2.45) is 0 Å². The number of thioether (sulfide) groups is 1. The maximum Gasteiger partial charge on any atom is 0.323 e. The normalized spacial score (nSPS) is 19.1. The van der Waals surface area contributed by atoms with E-state index >= 15 is 0 Å². The van der Waals surface area contributed by atoms with E-state index < -0.39 is 16.5 Å². The second kappa shape index (κ2) is 8.43. The van der Waals surface area contributed by atoms with Gasteiger partial charge in [-0.25, -0.2) is 13.6 Å². The molecule has 0 aliphatic carbocycles. The number of nitrogens with one attached hydrogen (secondary N) is 1. The molecule has 1 atom stereocenters. The van der Waals surface area contributed by atoms with E-state index in [1.54, 1.807) is 9.80 Å². The molecule has 0 radical (unpaired) electrons. The van der Waals surface area contributed by atoms with Gasteiger partial charge in [-0.2, -0.15) is 0 Å². The van der Waals surface area contributed by atoms with Gasteiger partial charge in [0, 0.05) is 23.5 Å². The van der Waals surface area contributed by atoms with Gasteiger partial charge >= 0.3 is 6.03 Å². The van der Waals surface area contributed by atoms with Crippen LogP contribution in [-0.2, 0) is 16.2 Å². The van der Waals surface area contributed by atoms with E-state index in [1.165, 1.54) is 17.8 Å². The Kier molecular flexibility index (Phi) is 5.56. The van der Waals surface area contributed by atoms with Crippen molar-refractivity contribution in [1.82, 2.24) is 4.90 Å². The maximum absolute atomic E-state index is 14.0. The van der Waals surface area contributed by atoms with E-state index in [2.05, 4.69) is 5.32 Å². The SMILES string of the molecule is Cc1cccc(NC(=O)N2CCS[C@]23C(=O)N(Cc2ccc(F)c(F)c2)c2ccc(C)cc23)c1. The van der Waals surface area contributed by atoms with Gasteiger partial charge in [0.15, 0.2) is 16.5 Å². The van der Waals surface area contributed by atoms with Gasteiger partial charge in [0.1, 0.15) is 0 Å². The zero-order chi connectivity index (χ0) is 24.0. The number of carbonyl (C=O) groups excluding carboxylic acids is 2. The molecular weight excluding hydrogens is 456 g/mol. The summed E-state index contributed by atoms with van der Waals surface area (Å²) in [6.07, 6.45) is 0. The number of rotatable bonds is 3. The van der Waals surface area contributed by atoms with Gasteiger partial charge in [-0.05, 0) is 55.3 Å². The Balaban J connectivity index is 1.53. The number of hydrogen-bond donors (Lipinski definition) is 1. The number of urea groups is 1. The first-order chi connectivity index (χ1) is 16.3. The number of anilines is 2. The molecular formula is C26H23F2N3O2S. The van der Waals surface area contributed by atoms with Crippen molar-refractivity contribution >= 4 is 35.1 Å². The van der Waals surface area contributed by atoms with E-state index in [0.717, 1.165) is 28.8 Å². The van der Waals surface area contributed by atoms with Gasteiger partial charge in [-0.1, -0.05) is 35.9 Å². The Bertz CT molecular complexity index is 1310. The summed E-state index contributed by atoms with van der Waals surface area (Å²) in [6, 6.07) is 16.5. The lowest BCUT2D eigenvalue weighted by molar-refractivity contribution is -0.123. The quantitative estimate of drug-likeness (QED) is 0.535. The van der Waals surface area contributed by atoms with Crippen LogP contribution in [0.4, 0.5) is 25.0 Å². The Hall–Kier alpha value is -3.39. The third kappa shape index (κ3) is 3.62. The molecule has 2 aliphatic heterocycles. The highest BCUT2D eigenvalue weighted by Crippen LogP contribution is 2.54. The zero-order valence-corrected chi connectivity index (χ0v) is 19.6. The van der Waals surface area contributed by atoms with Crippen molar-refractivity contribution in [2.75, 3.05) is 22.5 Å². The topological polar surface area (TPSA) is 52.7 Å². The molecule has 1 spiro atoms. The predicted molar refractivity (Wildman–Crippen MR) is 130 cm³/mol. The van der Waals surface area contributed by atoms with Gasteiger partial charge in [0.2, 0.25) is 0 Å². The van der Waals surface area contributed by atoms with Crippen molar-refractivity contribution < 1.29 is 18.4 Å². The van der Waals surface area contributed by atoms with Gasteiger partial charge in [-0.15, -0.1) is 11.8 Å². The van der Waals surface area contributed by atoms with Crippen LogP contribution in [0.1, 0.15) is 22.3 Å². The fourth-order valence-electron chi connectivity index (χ4n) is 4.62. The lowest BCUT2D eigenvalue weighted by Gasteiger charge is -2.33. The number of nitrogens with zero attached hydrogens (tertiary/aromatic N) is 2. The lowest BCUT2D eigenvalue weighted by atomic mass is 10.0. The van der Waals surface area contributed by atoms with Crippen molar-refractivity contribution in [2.45, 2.75) is 25.3 Å². The molecule has 2 aliphatic rings. The summed E-state index contributed by atoms with van der Waals surface area (Å²) in [6.45, 7) is 4.36. The molecule has 1 N–H and O–H groups in total. The highest BCUT2D eigenvalue weighted by molar-refractivity contribution is 8.01. The highest BCUT2D eigenvalue weighted by atomic mass is 32.2. The summed E-state index contributed by atoms with van der Waals surface area (Å²) < 4.78 is 27.3. The third-order valence-electron chi connectivity index (χ3n) is 6.19. The van der Waals surface area contributed by atoms with Crippen molar-refractivity contribution in [3.63, 3.8) is 0 Å². The largest absolute Gasteiger partial charge is 0.323 e. The van der Waals surface area contributed by atoms with Gasteiger partial charge < -0.3 is 10.2 Å². The Morgan fingerprint density at radius 1 is 1.03 bits per heavy atom. The smallest absolute Gasteiger partial charge is 0.308 e. The fraction of sp³-hybridized carbons (Fsp3) is 0.231. The number of amides is 3. The minimum Gasteiger partial charge on any atom is -0.308 e. The number of aryl methyl sites for hydroxylation is 2. The molecule has 3 amide bonds. The predicted octanol–water partition coefficient (Wildman–Crippen LogP) is 5.56. The van der Waals surface area contributed by atoms with Crippen LogP contribution >= 0.6 is 11.8 Å². The van der Waals surface area contributed by atoms with Crippen LogP contribution in [0.5, 0.6) is 0 Å². The first kappa shape index (κ1) is 22.4. The van der Waals surface area contributed by atoms with Crippen LogP contribution in [-0.4, -0.2) is 29.1 Å². The van der Waals surface area contributed by atoms with E-state index in [-0.39, 0.29) is 18.5 Å². The van der Waals surface area contributed by atoms with Crippen molar-refractivity contribution in [3.05, 3.63) is 94.6 Å². The molecule has 0 bridgehead atoms. The lowest BCUT2D eigenvalue weighted by Crippen LogP contribution is -2.51. The molecule has 5 rings (SSSR count). The van der Waals surface area contributed by atoms with Gasteiger partial charge in [-0.3, -0.25) is 9.69 Å². The molecule has 3 aromatic rings. The molecule has 174 valence electrons. The molecule has 0 unspecified atom stereocenters. The molecule has 1 fully saturated rings. The second-order valence-corrected chi connectivity index (χ2v) is 9.89. The molecule has 8 heteroatoms. The summed E-state index contributed by atoms with van der Waals surface area (Å²) in [7, 11) is 0. The van der Waals surface area contributed by atoms with E-state index in [9.17, 15) is 18.4 Å². The van der Waals surface area contributed by atoms with Crippen LogP contribution in [0.15, 0.2) is 60.7 Å². The molecule has 1 saturated heterocycles. The molecule has 0 aromatic heterocycles. The Labute approximate surface area is 200 Å². The summed E-state index contributed by atoms with van der Waals surface area (Å²) in [4.78, 5) is 29.3. The zero-order valence-electron chi connectivity index (χ0n) is 18.8. The molecule has 5 nitrogen and oxygen atoms in total. The highest BCUT2D eigenvalue weighted by Gasteiger charge is 2.59. The second-order valence-electron chi connectivity index (χ2n) is 8.60. The molecule has 3 aromatic carbocycles. The van der Waals surface area contributed by atoms with Crippen LogP contribution in [0.2, 0.25) is 0 Å². The molecule has 2 heterocycles. The van der Waals surface area contributed by atoms with Gasteiger partial charge in [0.05, 0.1) is 12.2 Å². The fourth-order valence-corrected chi connectivity index (χ4v) is 6.07. The van der Waals surface area contributed by atoms with E-state index in [0.29, 0.717) is 29.2 Å². The number of benzene rings is 3. The standard InChI is InChI=1S/C26H23F2N3O2S/c1-16-4-3-5-19(12-16)29-25(33)31-10-11-34-26(31)20-13-17(2)6-9-23(20)30(24(26)32)15-18-7-8-21(27)22(28)14-18/h3-9,12-14H,10-11,15H2,1-2H3,(H,29,33)/t26-/m1/s1. The van der Waals surface area contributed by atoms with Gasteiger partial charge in [0.25, 0.3) is 5.91 Å². The van der Waals surface area contributed by atoms with Crippen molar-refractivity contribution in [1.29, 1.82) is 0 Å². The Morgan fingerprint density at radius 3 is 2.59 bits per heavy atom. The monoisotopic (exact) mass is 479 g/mol. The van der Waals surface area contributed by atoms with Crippen LogP contribution in [0.25, 0.3) is 0 Å². The number of fused-ring (bicyclic) bond motifs is 2. The molecule has 34 heavy (non-hydrogen) atoms. The first-order valence-corrected chi connectivity index (χ1v) is 11.9. The minimum atomic E-state index is -1.21. The average molecular weight is 480 g/mol. The van der Waals surface area contributed by atoms with Crippen LogP contribution < -0.4 is 10.2 Å². The molecule has 0 saturated carbocycles. The number of carbonyl (C=O) groups is 2. The van der Waals surface area contributed by atoms with E-state index in [1.807, 2.05) is 56.3 Å². The summed E-state index contributed by atoms with van der Waals surface area (Å²) >= 11 is 1.42. The van der Waals surface area contributed by atoms with Crippen molar-refractivity contribution in [3.8, 4) is 0 Å². The van der Waals surface area contributed by atoms with Crippen LogP contribution in [0, 0.1) is 25.5 Å². The number of hydrogen-bond acceptors (Lipinski definition) is 3. The number of halogens is 2. The summed E-state index contributed by atoms with van der Waals surface area (Å²) in [5.41, 5.74) is 4.51. The Morgan fingerprint density at radius 2 is 1.82 bits per heavy atom. The van der Waals surface area contributed by atoms with Crippen LogP contribution in [0.3, 0.4) is 0 Å². The summed E-state index contributed by atoms with van der Waals surface area (Å²) in [5.74, 6) is -1.56. The average Bonchev–Trinajstić information content (AvgIpc) is 3.34.